The molecular weight excluding hydrogens is 350 g/mol. The van der Waals surface area contributed by atoms with Crippen molar-refractivity contribution in [3.8, 4) is 5.88 Å². The largest absolute Gasteiger partial charge is 0.481 e. The van der Waals surface area contributed by atoms with E-state index < -0.39 is 0 Å². The maximum absolute atomic E-state index is 5.19. The third-order valence-electron chi connectivity index (χ3n) is 5.01. The molecule has 0 saturated carbocycles. The first kappa shape index (κ1) is 20.1. The molecule has 0 radical (unpaired) electrons. The summed E-state index contributed by atoms with van der Waals surface area (Å²) in [6.45, 7) is 7.73. The molecule has 150 valence electrons. The number of hydrogen-bond acceptors (Lipinski definition) is 4. The first-order valence-electron chi connectivity index (χ1n) is 10.0. The second-order valence-corrected chi connectivity index (χ2v) is 7.21. The van der Waals surface area contributed by atoms with Crippen molar-refractivity contribution in [2.45, 2.75) is 45.4 Å². The average molecular weight is 382 g/mol. The van der Waals surface area contributed by atoms with Crippen molar-refractivity contribution >= 4 is 5.96 Å². The number of ether oxygens (including phenoxy) is 1. The predicted octanol–water partition coefficient (Wildman–Crippen LogP) is 2.81. The van der Waals surface area contributed by atoms with Gasteiger partial charge in [-0.3, -0.25) is 4.90 Å². The summed E-state index contributed by atoms with van der Waals surface area (Å²) in [5.41, 5.74) is 2.25. The molecule has 0 spiro atoms. The Labute approximate surface area is 168 Å². The molecule has 0 aliphatic carbocycles. The summed E-state index contributed by atoms with van der Waals surface area (Å²) in [6.07, 6.45) is 1.11. The van der Waals surface area contributed by atoms with Crippen LogP contribution in [-0.4, -0.2) is 48.1 Å². The molecule has 1 aliphatic rings. The number of pyridine rings is 1. The lowest BCUT2D eigenvalue weighted by molar-refractivity contribution is 0.258. The third kappa shape index (κ3) is 5.70. The van der Waals surface area contributed by atoms with Crippen molar-refractivity contribution in [3.63, 3.8) is 0 Å². The van der Waals surface area contributed by atoms with E-state index in [1.807, 2.05) is 18.2 Å². The normalized spacial score (nSPS) is 20.2. The molecule has 1 aromatic carbocycles. The number of aliphatic imine (C=N–C) groups is 1. The minimum absolute atomic E-state index is 0.384. The SMILES string of the molecule is CCNC(=NCc1cccc(OC)n1)NC1CC(C)N(Cc2ccccc2)C1. The smallest absolute Gasteiger partial charge is 0.213 e. The maximum Gasteiger partial charge on any atom is 0.213 e. The molecule has 1 saturated heterocycles. The molecule has 3 rings (SSSR count). The summed E-state index contributed by atoms with van der Waals surface area (Å²) in [7, 11) is 1.63. The van der Waals surface area contributed by atoms with E-state index in [9.17, 15) is 0 Å². The first-order valence-corrected chi connectivity index (χ1v) is 10.0. The van der Waals surface area contributed by atoms with Crippen LogP contribution in [0.25, 0.3) is 0 Å². The molecule has 2 aromatic rings. The van der Waals surface area contributed by atoms with Crippen molar-refractivity contribution in [2.75, 3.05) is 20.2 Å². The number of methoxy groups -OCH3 is 1. The van der Waals surface area contributed by atoms with Crippen LogP contribution >= 0.6 is 0 Å². The van der Waals surface area contributed by atoms with Gasteiger partial charge < -0.3 is 15.4 Å². The van der Waals surface area contributed by atoms with Crippen LogP contribution in [0.15, 0.2) is 53.5 Å². The standard InChI is InChI=1S/C22H31N5O/c1-4-23-22(24-14-19-11-8-12-21(25-19)28-3)26-20-13-17(2)27(16-20)15-18-9-6-5-7-10-18/h5-12,17,20H,4,13-16H2,1-3H3,(H2,23,24,26). The highest BCUT2D eigenvalue weighted by atomic mass is 16.5. The quantitative estimate of drug-likeness (QED) is 0.570. The molecule has 1 fully saturated rings. The number of nitrogens with zero attached hydrogens (tertiary/aromatic N) is 3. The van der Waals surface area contributed by atoms with E-state index in [4.69, 9.17) is 9.73 Å². The summed E-state index contributed by atoms with van der Waals surface area (Å²) in [6, 6.07) is 17.3. The first-order chi connectivity index (χ1) is 13.7. The molecule has 2 N–H and O–H groups in total. The highest BCUT2D eigenvalue weighted by molar-refractivity contribution is 5.80. The zero-order valence-electron chi connectivity index (χ0n) is 17.1. The van der Waals surface area contributed by atoms with Gasteiger partial charge in [0.15, 0.2) is 5.96 Å². The number of rotatable bonds is 7. The molecular formula is C22H31N5O. The van der Waals surface area contributed by atoms with Crippen LogP contribution in [0.4, 0.5) is 0 Å². The van der Waals surface area contributed by atoms with E-state index >= 15 is 0 Å². The minimum atomic E-state index is 0.384. The zero-order valence-corrected chi connectivity index (χ0v) is 17.1. The van der Waals surface area contributed by atoms with E-state index in [-0.39, 0.29) is 0 Å². The van der Waals surface area contributed by atoms with Crippen LogP contribution in [0.1, 0.15) is 31.5 Å². The number of hydrogen-bond donors (Lipinski definition) is 2. The molecule has 1 aliphatic heterocycles. The molecule has 2 heterocycles. The van der Waals surface area contributed by atoms with Crippen molar-refractivity contribution in [2.24, 2.45) is 4.99 Å². The van der Waals surface area contributed by atoms with Gasteiger partial charge in [-0.25, -0.2) is 9.98 Å². The topological polar surface area (TPSA) is 61.8 Å². The summed E-state index contributed by atoms with van der Waals surface area (Å²) in [5, 5.41) is 6.95. The lowest BCUT2D eigenvalue weighted by Gasteiger charge is -2.21. The van der Waals surface area contributed by atoms with Gasteiger partial charge in [-0.05, 0) is 31.9 Å². The predicted molar refractivity (Wildman–Crippen MR) is 113 cm³/mol. The molecule has 2 atom stereocenters. The summed E-state index contributed by atoms with van der Waals surface area (Å²) < 4.78 is 5.19. The summed E-state index contributed by atoms with van der Waals surface area (Å²) in [4.78, 5) is 11.7. The van der Waals surface area contributed by atoms with E-state index in [1.165, 1.54) is 5.56 Å². The Balaban J connectivity index is 1.59. The van der Waals surface area contributed by atoms with E-state index in [2.05, 4.69) is 64.7 Å². The Morgan fingerprint density at radius 1 is 1.21 bits per heavy atom. The lowest BCUT2D eigenvalue weighted by atomic mass is 10.2. The van der Waals surface area contributed by atoms with Crippen molar-refractivity contribution < 1.29 is 4.74 Å². The van der Waals surface area contributed by atoms with E-state index in [1.54, 1.807) is 7.11 Å². The molecule has 28 heavy (non-hydrogen) atoms. The van der Waals surface area contributed by atoms with Gasteiger partial charge in [-0.1, -0.05) is 36.4 Å². The maximum atomic E-state index is 5.19. The van der Waals surface area contributed by atoms with E-state index in [0.29, 0.717) is 24.5 Å². The van der Waals surface area contributed by atoms with Gasteiger partial charge in [-0.15, -0.1) is 0 Å². The highest BCUT2D eigenvalue weighted by Crippen LogP contribution is 2.20. The Morgan fingerprint density at radius 2 is 2.04 bits per heavy atom. The Hall–Kier alpha value is -2.60. The Kier molecular flexibility index (Phi) is 7.25. The molecule has 0 amide bonds. The summed E-state index contributed by atoms with van der Waals surface area (Å²) in [5.74, 6) is 1.46. The number of benzene rings is 1. The number of aromatic nitrogens is 1. The van der Waals surface area contributed by atoms with Gasteiger partial charge in [0.05, 0.1) is 19.3 Å². The van der Waals surface area contributed by atoms with Gasteiger partial charge in [0.1, 0.15) is 0 Å². The van der Waals surface area contributed by atoms with Gasteiger partial charge in [0, 0.05) is 37.8 Å². The number of guanidine groups is 1. The van der Waals surface area contributed by atoms with Crippen LogP contribution in [0, 0.1) is 0 Å². The fourth-order valence-electron chi connectivity index (χ4n) is 3.57. The second kappa shape index (κ2) is 10.1. The number of nitrogens with one attached hydrogen (secondary N) is 2. The molecule has 6 nitrogen and oxygen atoms in total. The molecule has 1 aromatic heterocycles. The zero-order chi connectivity index (χ0) is 19.8. The molecule has 6 heteroatoms. The van der Waals surface area contributed by atoms with Crippen molar-refractivity contribution in [1.82, 2.24) is 20.5 Å². The van der Waals surface area contributed by atoms with E-state index in [0.717, 1.165) is 37.7 Å². The molecule has 2 unspecified atom stereocenters. The minimum Gasteiger partial charge on any atom is -0.481 e. The molecule has 0 bridgehead atoms. The lowest BCUT2D eigenvalue weighted by Crippen LogP contribution is -2.44. The van der Waals surface area contributed by atoms with Crippen LogP contribution in [0.3, 0.4) is 0 Å². The van der Waals surface area contributed by atoms with Crippen LogP contribution in [0.2, 0.25) is 0 Å². The third-order valence-corrected chi connectivity index (χ3v) is 5.01. The van der Waals surface area contributed by atoms with Crippen LogP contribution in [0.5, 0.6) is 5.88 Å². The van der Waals surface area contributed by atoms with Crippen LogP contribution < -0.4 is 15.4 Å². The Morgan fingerprint density at radius 3 is 2.79 bits per heavy atom. The van der Waals surface area contributed by atoms with Gasteiger partial charge in [0.25, 0.3) is 0 Å². The van der Waals surface area contributed by atoms with Crippen LogP contribution in [-0.2, 0) is 13.1 Å². The fourth-order valence-corrected chi connectivity index (χ4v) is 3.57. The number of likely N-dealkylation sites (tertiary alicyclic amines) is 1. The summed E-state index contributed by atoms with van der Waals surface area (Å²) >= 11 is 0. The Bertz CT molecular complexity index is 765. The van der Waals surface area contributed by atoms with Crippen molar-refractivity contribution in [1.29, 1.82) is 0 Å². The van der Waals surface area contributed by atoms with Gasteiger partial charge >= 0.3 is 0 Å². The second-order valence-electron chi connectivity index (χ2n) is 7.21. The monoisotopic (exact) mass is 381 g/mol. The highest BCUT2D eigenvalue weighted by Gasteiger charge is 2.29. The van der Waals surface area contributed by atoms with Gasteiger partial charge in [0.2, 0.25) is 5.88 Å². The van der Waals surface area contributed by atoms with Crippen molar-refractivity contribution in [3.05, 3.63) is 59.8 Å². The fraction of sp³-hybridized carbons (Fsp3) is 0.455. The van der Waals surface area contributed by atoms with Gasteiger partial charge in [-0.2, -0.15) is 0 Å². The average Bonchev–Trinajstić information content (AvgIpc) is 3.06.